The number of amides is 1. The van der Waals surface area contributed by atoms with Crippen LogP contribution in [0.25, 0.3) is 11.3 Å². The Kier molecular flexibility index (Phi) is 5.71. The smallest absolute Gasteiger partial charge is 0.223 e. The minimum absolute atomic E-state index is 0.208. The van der Waals surface area contributed by atoms with Crippen molar-refractivity contribution in [1.82, 2.24) is 4.98 Å². The van der Waals surface area contributed by atoms with Gasteiger partial charge < -0.3 is 5.32 Å². The number of aldehydes is 1. The van der Waals surface area contributed by atoms with E-state index in [1.807, 2.05) is 12.1 Å². The van der Waals surface area contributed by atoms with Gasteiger partial charge >= 0.3 is 0 Å². The fraction of sp³-hybridized carbons (Fsp3) is 0.150. The first-order chi connectivity index (χ1) is 13.3. The van der Waals surface area contributed by atoms with E-state index < -0.39 is 9.84 Å². The normalized spacial score (nSPS) is 11.2. The van der Waals surface area contributed by atoms with Gasteiger partial charge in [0.1, 0.15) is 6.29 Å². The predicted octanol–water partition coefficient (Wildman–Crippen LogP) is 3.58. The molecule has 3 aromatic rings. The van der Waals surface area contributed by atoms with Crippen molar-refractivity contribution in [2.24, 2.45) is 0 Å². The van der Waals surface area contributed by atoms with E-state index in [2.05, 4.69) is 10.3 Å². The predicted molar refractivity (Wildman–Crippen MR) is 110 cm³/mol. The molecule has 1 N–H and O–H groups in total. The third-order valence-corrected chi connectivity index (χ3v) is 6.12. The summed E-state index contributed by atoms with van der Waals surface area (Å²) in [6.45, 7) is 1.42. The number of benzene rings is 2. The van der Waals surface area contributed by atoms with Crippen molar-refractivity contribution in [1.29, 1.82) is 0 Å². The van der Waals surface area contributed by atoms with Gasteiger partial charge in [0.2, 0.25) is 5.91 Å². The van der Waals surface area contributed by atoms with E-state index in [9.17, 15) is 18.0 Å². The number of carbonyl (C=O) groups is 2. The zero-order chi connectivity index (χ0) is 20.3. The number of hydrogen-bond donors (Lipinski definition) is 1. The van der Waals surface area contributed by atoms with Gasteiger partial charge in [0.15, 0.2) is 15.0 Å². The van der Waals surface area contributed by atoms with Gasteiger partial charge in [-0.05, 0) is 17.7 Å². The summed E-state index contributed by atoms with van der Waals surface area (Å²) in [5.74, 6) is -0.208. The molecule has 0 fully saturated rings. The zero-order valence-corrected chi connectivity index (χ0v) is 16.9. The van der Waals surface area contributed by atoms with Gasteiger partial charge in [-0.2, -0.15) is 0 Å². The molecular weight excluding hydrogens is 396 g/mol. The number of nitrogens with one attached hydrogen (secondary N) is 1. The zero-order valence-electron chi connectivity index (χ0n) is 15.3. The molecule has 8 heteroatoms. The highest BCUT2D eigenvalue weighted by molar-refractivity contribution is 7.90. The van der Waals surface area contributed by atoms with Crippen LogP contribution >= 0.6 is 11.3 Å². The molecule has 3 rings (SSSR count). The first-order valence-corrected chi connectivity index (χ1v) is 11.1. The lowest BCUT2D eigenvalue weighted by Crippen LogP contribution is -2.04. The molecular formula is C20H18N2O4S2. The maximum atomic E-state index is 11.6. The van der Waals surface area contributed by atoms with Crippen molar-refractivity contribution in [3.8, 4) is 11.3 Å². The van der Waals surface area contributed by atoms with Crippen LogP contribution in [-0.2, 0) is 21.1 Å². The third-order valence-electron chi connectivity index (χ3n) is 4.02. The Hall–Kier alpha value is -2.84. The molecule has 0 aliphatic carbocycles. The van der Waals surface area contributed by atoms with Crippen LogP contribution in [0.15, 0.2) is 53.4 Å². The molecule has 0 unspecified atom stereocenters. The van der Waals surface area contributed by atoms with Crippen molar-refractivity contribution >= 4 is 38.5 Å². The second-order valence-corrected chi connectivity index (χ2v) is 9.40. The summed E-state index contributed by atoms with van der Waals surface area (Å²) in [4.78, 5) is 28.0. The average Bonchev–Trinajstić information content (AvgIpc) is 3.03. The Labute approximate surface area is 167 Å². The van der Waals surface area contributed by atoms with Crippen LogP contribution in [0.1, 0.15) is 27.7 Å². The number of sulfone groups is 1. The van der Waals surface area contributed by atoms with Gasteiger partial charge in [-0.3, -0.25) is 9.59 Å². The molecule has 0 spiro atoms. The Bertz CT molecular complexity index is 1120. The lowest BCUT2D eigenvalue weighted by molar-refractivity contribution is -0.114. The maximum Gasteiger partial charge on any atom is 0.223 e. The average molecular weight is 415 g/mol. The Morgan fingerprint density at radius 2 is 1.75 bits per heavy atom. The van der Waals surface area contributed by atoms with Crippen molar-refractivity contribution in [3.05, 3.63) is 64.5 Å². The Balaban J connectivity index is 1.97. The van der Waals surface area contributed by atoms with E-state index in [4.69, 9.17) is 0 Å². The standard InChI is InChI=1S/C20H18N2O4S2/c1-13(24)21-20-22-19(16-7-3-15(12-23)4-8-16)18(27-20)11-14-5-9-17(10-6-14)28(2,25)26/h3-10,12H,11H2,1-2H3,(H,21,22,24). The van der Waals surface area contributed by atoms with Gasteiger partial charge in [-0.1, -0.05) is 36.4 Å². The Morgan fingerprint density at radius 3 is 2.29 bits per heavy atom. The number of hydrogen-bond acceptors (Lipinski definition) is 6. The highest BCUT2D eigenvalue weighted by atomic mass is 32.2. The molecule has 6 nitrogen and oxygen atoms in total. The molecule has 2 aromatic carbocycles. The highest BCUT2D eigenvalue weighted by Gasteiger charge is 2.15. The van der Waals surface area contributed by atoms with Crippen LogP contribution in [0.4, 0.5) is 5.13 Å². The second-order valence-electron chi connectivity index (χ2n) is 6.30. The first kappa shape index (κ1) is 19.9. The number of nitrogens with zero attached hydrogens (tertiary/aromatic N) is 1. The molecule has 0 saturated carbocycles. The fourth-order valence-corrected chi connectivity index (χ4v) is 4.36. The number of aromatic nitrogens is 1. The van der Waals surface area contributed by atoms with Crippen molar-refractivity contribution < 1.29 is 18.0 Å². The number of carbonyl (C=O) groups excluding carboxylic acids is 2. The molecule has 28 heavy (non-hydrogen) atoms. The molecule has 1 amide bonds. The summed E-state index contributed by atoms with van der Waals surface area (Å²) in [7, 11) is -3.25. The van der Waals surface area contributed by atoms with Crippen LogP contribution in [0.5, 0.6) is 0 Å². The number of thiazole rings is 1. The van der Waals surface area contributed by atoms with E-state index >= 15 is 0 Å². The lowest BCUT2D eigenvalue weighted by Gasteiger charge is -2.05. The van der Waals surface area contributed by atoms with E-state index in [0.29, 0.717) is 17.1 Å². The third kappa shape index (κ3) is 4.71. The number of rotatable bonds is 6. The minimum atomic E-state index is -3.25. The van der Waals surface area contributed by atoms with Crippen molar-refractivity contribution in [2.45, 2.75) is 18.2 Å². The van der Waals surface area contributed by atoms with Gasteiger partial charge in [-0.25, -0.2) is 13.4 Å². The van der Waals surface area contributed by atoms with Crippen LogP contribution in [0, 0.1) is 0 Å². The second kappa shape index (κ2) is 8.04. The quantitative estimate of drug-likeness (QED) is 0.623. The van der Waals surface area contributed by atoms with E-state index in [0.717, 1.165) is 28.0 Å². The molecule has 0 aliphatic heterocycles. The molecule has 1 aromatic heterocycles. The van der Waals surface area contributed by atoms with Gasteiger partial charge in [0, 0.05) is 35.6 Å². The summed E-state index contributed by atoms with van der Waals surface area (Å²) in [6.07, 6.45) is 2.48. The maximum absolute atomic E-state index is 11.6. The molecule has 0 radical (unpaired) electrons. The van der Waals surface area contributed by atoms with Crippen LogP contribution in [0.3, 0.4) is 0 Å². The fourth-order valence-electron chi connectivity index (χ4n) is 2.66. The van der Waals surface area contributed by atoms with Crippen LogP contribution in [-0.4, -0.2) is 31.9 Å². The molecule has 0 atom stereocenters. The number of anilines is 1. The summed E-state index contributed by atoms with van der Waals surface area (Å²) in [6, 6.07) is 13.8. The summed E-state index contributed by atoms with van der Waals surface area (Å²) in [5.41, 5.74) is 3.05. The topological polar surface area (TPSA) is 93.2 Å². The monoisotopic (exact) mass is 414 g/mol. The van der Waals surface area contributed by atoms with Crippen molar-refractivity contribution in [2.75, 3.05) is 11.6 Å². The SMILES string of the molecule is CC(=O)Nc1nc(-c2ccc(C=O)cc2)c(Cc2ccc(S(C)(=O)=O)cc2)s1. The van der Waals surface area contributed by atoms with E-state index in [-0.39, 0.29) is 10.8 Å². The molecule has 144 valence electrons. The summed E-state index contributed by atoms with van der Waals surface area (Å²) >= 11 is 1.37. The molecule has 1 heterocycles. The Morgan fingerprint density at radius 1 is 1.11 bits per heavy atom. The van der Waals surface area contributed by atoms with Crippen molar-refractivity contribution in [3.63, 3.8) is 0 Å². The minimum Gasteiger partial charge on any atom is -0.302 e. The van der Waals surface area contributed by atoms with Crippen LogP contribution < -0.4 is 5.32 Å². The first-order valence-electron chi connectivity index (χ1n) is 8.38. The highest BCUT2D eigenvalue weighted by Crippen LogP contribution is 2.33. The van der Waals surface area contributed by atoms with Crippen LogP contribution in [0.2, 0.25) is 0 Å². The van der Waals surface area contributed by atoms with Gasteiger partial charge in [0.05, 0.1) is 10.6 Å². The largest absolute Gasteiger partial charge is 0.302 e. The molecule has 0 saturated heterocycles. The molecule has 0 aliphatic rings. The summed E-state index contributed by atoms with van der Waals surface area (Å²) in [5, 5.41) is 3.20. The lowest BCUT2D eigenvalue weighted by atomic mass is 10.1. The van der Waals surface area contributed by atoms with Gasteiger partial charge in [-0.15, -0.1) is 11.3 Å². The van der Waals surface area contributed by atoms with E-state index in [1.54, 1.807) is 36.4 Å². The van der Waals surface area contributed by atoms with Gasteiger partial charge in [0.25, 0.3) is 0 Å². The molecule has 0 bridgehead atoms. The summed E-state index contributed by atoms with van der Waals surface area (Å²) < 4.78 is 23.3. The van der Waals surface area contributed by atoms with E-state index in [1.165, 1.54) is 24.5 Å².